The van der Waals surface area contributed by atoms with Crippen molar-refractivity contribution >= 4 is 11.3 Å². The fourth-order valence-corrected chi connectivity index (χ4v) is 2.10. The number of nitrogens with one attached hydrogen (secondary N) is 1. The van der Waals surface area contributed by atoms with Gasteiger partial charge in [0, 0.05) is 31.8 Å². The summed E-state index contributed by atoms with van der Waals surface area (Å²) < 4.78 is 10.3. The van der Waals surface area contributed by atoms with Crippen LogP contribution in [0.5, 0.6) is 0 Å². The second-order valence-corrected chi connectivity index (χ2v) is 4.67. The Balaban J connectivity index is 2.36. The van der Waals surface area contributed by atoms with E-state index >= 15 is 0 Å². The molecule has 0 fully saturated rings. The molecule has 0 aliphatic heterocycles. The van der Waals surface area contributed by atoms with Gasteiger partial charge in [-0.05, 0) is 13.8 Å². The Bertz CT molecular complexity index is 287. The van der Waals surface area contributed by atoms with Crippen LogP contribution in [-0.4, -0.2) is 31.5 Å². The lowest BCUT2D eigenvalue weighted by atomic mass is 10.3. The Hall–Kier alpha value is -0.490. The van der Waals surface area contributed by atoms with E-state index in [-0.39, 0.29) is 12.3 Å². The van der Waals surface area contributed by atoms with E-state index in [1.165, 1.54) is 4.88 Å². The lowest BCUT2D eigenvalue weighted by molar-refractivity contribution is -0.119. The zero-order valence-electron chi connectivity index (χ0n) is 9.61. The van der Waals surface area contributed by atoms with E-state index < -0.39 is 0 Å². The number of ether oxygens (including phenoxy) is 2. The molecule has 15 heavy (non-hydrogen) atoms. The summed E-state index contributed by atoms with van der Waals surface area (Å²) in [4.78, 5) is 5.42. The molecule has 1 atom stereocenters. The molecule has 1 heterocycles. The van der Waals surface area contributed by atoms with Crippen LogP contribution in [0.1, 0.15) is 16.8 Å². The fourth-order valence-electron chi connectivity index (χ4n) is 1.35. The maximum atomic E-state index is 5.16. The highest BCUT2D eigenvalue weighted by atomic mass is 32.1. The van der Waals surface area contributed by atoms with Gasteiger partial charge in [-0.1, -0.05) is 0 Å². The Labute approximate surface area is 94.6 Å². The van der Waals surface area contributed by atoms with Gasteiger partial charge in [-0.2, -0.15) is 0 Å². The topological polar surface area (TPSA) is 43.4 Å². The average Bonchev–Trinajstić information content (AvgIpc) is 2.63. The van der Waals surface area contributed by atoms with Crippen molar-refractivity contribution in [2.24, 2.45) is 0 Å². The van der Waals surface area contributed by atoms with Crippen molar-refractivity contribution in [1.29, 1.82) is 0 Å². The highest BCUT2D eigenvalue weighted by Crippen LogP contribution is 2.11. The third kappa shape index (κ3) is 3.87. The molecule has 0 radical (unpaired) electrons. The van der Waals surface area contributed by atoms with Crippen LogP contribution in [0, 0.1) is 6.92 Å². The average molecular weight is 230 g/mol. The molecule has 1 N–H and O–H groups in total. The van der Waals surface area contributed by atoms with Crippen LogP contribution >= 0.6 is 11.3 Å². The summed E-state index contributed by atoms with van der Waals surface area (Å²) in [6, 6.07) is 0.155. The smallest absolute Gasteiger partial charge is 0.171 e. The van der Waals surface area contributed by atoms with Crippen LogP contribution in [0.3, 0.4) is 0 Å². The second kappa shape index (κ2) is 6.17. The highest BCUT2D eigenvalue weighted by molar-refractivity contribution is 7.11. The van der Waals surface area contributed by atoms with E-state index in [9.17, 15) is 0 Å². The zero-order valence-corrected chi connectivity index (χ0v) is 10.4. The summed E-state index contributed by atoms with van der Waals surface area (Å²) in [5.74, 6) is 0. The molecule has 1 aromatic rings. The predicted molar refractivity (Wildman–Crippen MR) is 61.0 cm³/mol. The predicted octanol–water partition coefficient (Wildman–Crippen LogP) is 1.55. The number of aryl methyl sites for hydroxylation is 1. The standard InChI is InChI=1S/C10H18N2O2S/c1-7(10(13-3)14-4)11-5-9-6-12-8(2)15-9/h6-7,10-11H,5H2,1-4H3. The number of hydrogen-bond donors (Lipinski definition) is 1. The van der Waals surface area contributed by atoms with Gasteiger partial charge in [-0.25, -0.2) is 4.98 Å². The number of hydrogen-bond acceptors (Lipinski definition) is 5. The first-order valence-corrected chi connectivity index (χ1v) is 5.69. The summed E-state index contributed by atoms with van der Waals surface area (Å²) in [6.07, 6.45) is 1.69. The van der Waals surface area contributed by atoms with E-state index in [0.29, 0.717) is 0 Å². The van der Waals surface area contributed by atoms with Crippen molar-refractivity contribution < 1.29 is 9.47 Å². The summed E-state index contributed by atoms with van der Waals surface area (Å²) in [5, 5.41) is 4.43. The highest BCUT2D eigenvalue weighted by Gasteiger charge is 2.14. The third-order valence-corrected chi connectivity index (χ3v) is 3.05. The normalized spacial score (nSPS) is 13.4. The van der Waals surface area contributed by atoms with Gasteiger partial charge in [0.25, 0.3) is 0 Å². The van der Waals surface area contributed by atoms with Crippen molar-refractivity contribution in [3.8, 4) is 0 Å². The second-order valence-electron chi connectivity index (χ2n) is 3.35. The Morgan fingerprint density at radius 1 is 1.47 bits per heavy atom. The van der Waals surface area contributed by atoms with Crippen LogP contribution in [0.4, 0.5) is 0 Å². The van der Waals surface area contributed by atoms with Gasteiger partial charge in [0.15, 0.2) is 6.29 Å². The zero-order chi connectivity index (χ0) is 11.3. The molecule has 0 aliphatic carbocycles. The fraction of sp³-hybridized carbons (Fsp3) is 0.700. The van der Waals surface area contributed by atoms with Gasteiger partial charge >= 0.3 is 0 Å². The van der Waals surface area contributed by atoms with Crippen LogP contribution in [0.2, 0.25) is 0 Å². The van der Waals surface area contributed by atoms with Crippen molar-refractivity contribution in [3.63, 3.8) is 0 Å². The Kier molecular flexibility index (Phi) is 5.17. The first-order chi connectivity index (χ1) is 7.17. The molecule has 4 nitrogen and oxygen atoms in total. The van der Waals surface area contributed by atoms with E-state index in [1.807, 2.05) is 20.0 Å². The molecule has 1 rings (SSSR count). The van der Waals surface area contributed by atoms with Gasteiger partial charge in [0.1, 0.15) is 0 Å². The van der Waals surface area contributed by atoms with Crippen LogP contribution in [-0.2, 0) is 16.0 Å². The lowest BCUT2D eigenvalue weighted by Gasteiger charge is -2.21. The molecule has 0 spiro atoms. The van der Waals surface area contributed by atoms with Gasteiger partial charge < -0.3 is 14.8 Å². The molecule has 86 valence electrons. The van der Waals surface area contributed by atoms with Gasteiger partial charge in [-0.3, -0.25) is 0 Å². The van der Waals surface area contributed by atoms with E-state index in [2.05, 4.69) is 10.3 Å². The number of aromatic nitrogens is 1. The maximum absolute atomic E-state index is 5.16. The van der Waals surface area contributed by atoms with Crippen molar-refractivity contribution in [3.05, 3.63) is 16.1 Å². The number of nitrogens with zero attached hydrogens (tertiary/aromatic N) is 1. The molecule has 0 bridgehead atoms. The Morgan fingerprint density at radius 3 is 2.60 bits per heavy atom. The summed E-state index contributed by atoms with van der Waals surface area (Å²) in [7, 11) is 3.28. The van der Waals surface area contributed by atoms with Gasteiger partial charge in [-0.15, -0.1) is 11.3 Å². The molecule has 5 heteroatoms. The number of thiazole rings is 1. The molecule has 0 aliphatic rings. The maximum Gasteiger partial charge on any atom is 0.171 e. The first-order valence-electron chi connectivity index (χ1n) is 4.87. The molecule has 1 unspecified atom stereocenters. The third-order valence-electron chi connectivity index (χ3n) is 2.14. The van der Waals surface area contributed by atoms with Gasteiger partial charge in [0.05, 0.1) is 11.0 Å². The molecular formula is C10H18N2O2S. The minimum atomic E-state index is -0.209. The largest absolute Gasteiger partial charge is 0.354 e. The van der Waals surface area contributed by atoms with Crippen LogP contribution in [0.15, 0.2) is 6.20 Å². The summed E-state index contributed by atoms with van der Waals surface area (Å²) >= 11 is 1.70. The lowest BCUT2D eigenvalue weighted by Crippen LogP contribution is -2.39. The van der Waals surface area contributed by atoms with Crippen molar-refractivity contribution in [2.45, 2.75) is 32.7 Å². The van der Waals surface area contributed by atoms with Gasteiger partial charge in [0.2, 0.25) is 0 Å². The number of rotatable bonds is 6. The monoisotopic (exact) mass is 230 g/mol. The van der Waals surface area contributed by atoms with E-state index in [1.54, 1.807) is 25.6 Å². The number of methoxy groups -OCH3 is 2. The Morgan fingerprint density at radius 2 is 2.13 bits per heavy atom. The molecule has 0 aromatic carbocycles. The molecule has 1 aromatic heterocycles. The molecular weight excluding hydrogens is 212 g/mol. The molecule has 0 amide bonds. The molecule has 0 saturated carbocycles. The van der Waals surface area contributed by atoms with Crippen molar-refractivity contribution in [1.82, 2.24) is 10.3 Å². The van der Waals surface area contributed by atoms with E-state index in [4.69, 9.17) is 9.47 Å². The minimum absolute atomic E-state index is 0.155. The van der Waals surface area contributed by atoms with Crippen LogP contribution in [0.25, 0.3) is 0 Å². The van der Waals surface area contributed by atoms with Crippen molar-refractivity contribution in [2.75, 3.05) is 14.2 Å². The quantitative estimate of drug-likeness (QED) is 0.753. The molecule has 0 saturated heterocycles. The SMILES string of the molecule is COC(OC)C(C)NCc1cnc(C)s1. The summed E-state index contributed by atoms with van der Waals surface area (Å²) in [5.41, 5.74) is 0. The van der Waals surface area contributed by atoms with E-state index in [0.717, 1.165) is 11.6 Å². The minimum Gasteiger partial charge on any atom is -0.354 e. The van der Waals surface area contributed by atoms with Crippen LogP contribution < -0.4 is 5.32 Å². The first kappa shape index (κ1) is 12.6. The summed E-state index contributed by atoms with van der Waals surface area (Å²) in [6.45, 7) is 4.84.